The molecule has 1 nitrogen and oxygen atoms in total. The predicted molar refractivity (Wildman–Crippen MR) is 75.7 cm³/mol. The van der Waals surface area contributed by atoms with Crippen LogP contribution in [-0.4, -0.2) is 0 Å². The summed E-state index contributed by atoms with van der Waals surface area (Å²) in [4.78, 5) is 0. The third kappa shape index (κ3) is 4.56. The van der Waals surface area contributed by atoms with Gasteiger partial charge in [-0.15, -0.1) is 0 Å². The molecule has 1 aromatic rings. The lowest BCUT2D eigenvalue weighted by atomic mass is 10.1. The number of nitriles is 1. The van der Waals surface area contributed by atoms with Crippen LogP contribution in [0.3, 0.4) is 0 Å². The number of rotatable bonds is 3. The molecular formula is C17H15N. The number of benzene rings is 1. The first-order valence-corrected chi connectivity index (χ1v) is 5.72. The zero-order chi connectivity index (χ0) is 13.4. The van der Waals surface area contributed by atoms with Crippen molar-refractivity contribution in [3.63, 3.8) is 0 Å². The highest BCUT2D eigenvalue weighted by molar-refractivity contribution is 5.46. The van der Waals surface area contributed by atoms with Crippen LogP contribution in [0.5, 0.6) is 0 Å². The monoisotopic (exact) mass is 233 g/mol. The number of allylic oxidation sites excluding steroid dienone is 4. The highest BCUT2D eigenvalue weighted by atomic mass is 14.2. The van der Waals surface area contributed by atoms with Crippen LogP contribution in [0.2, 0.25) is 0 Å². The van der Waals surface area contributed by atoms with Gasteiger partial charge in [0.2, 0.25) is 0 Å². The van der Waals surface area contributed by atoms with Gasteiger partial charge in [0, 0.05) is 11.1 Å². The minimum absolute atomic E-state index is 0.638. The van der Waals surface area contributed by atoms with E-state index in [0.29, 0.717) is 5.56 Å². The first kappa shape index (κ1) is 13.6. The van der Waals surface area contributed by atoms with E-state index in [1.807, 2.05) is 24.3 Å². The molecule has 0 atom stereocenters. The van der Waals surface area contributed by atoms with Crippen molar-refractivity contribution in [3.05, 3.63) is 71.8 Å². The van der Waals surface area contributed by atoms with Crippen LogP contribution in [0.1, 0.15) is 24.5 Å². The maximum Gasteiger partial charge on any atom is 0.0991 e. The molecule has 1 rings (SSSR count). The molecule has 0 aliphatic carbocycles. The molecule has 0 radical (unpaired) electrons. The topological polar surface area (TPSA) is 23.8 Å². The van der Waals surface area contributed by atoms with Crippen molar-refractivity contribution in [2.24, 2.45) is 0 Å². The van der Waals surface area contributed by atoms with Crippen molar-refractivity contribution in [3.8, 4) is 17.9 Å². The highest BCUT2D eigenvalue weighted by Gasteiger charge is 1.89. The van der Waals surface area contributed by atoms with Crippen LogP contribution in [0.15, 0.2) is 60.7 Å². The van der Waals surface area contributed by atoms with Crippen LogP contribution in [0.4, 0.5) is 0 Å². The molecule has 0 unspecified atom stereocenters. The van der Waals surface area contributed by atoms with Crippen molar-refractivity contribution >= 4 is 0 Å². The van der Waals surface area contributed by atoms with Crippen LogP contribution >= 0.6 is 0 Å². The molecule has 0 heterocycles. The summed E-state index contributed by atoms with van der Waals surface area (Å²) < 4.78 is 0. The molecule has 1 heteroatoms. The summed E-state index contributed by atoms with van der Waals surface area (Å²) in [6.45, 7) is 9.79. The number of hydrogen-bond donors (Lipinski definition) is 0. The minimum atomic E-state index is 0.638. The summed E-state index contributed by atoms with van der Waals surface area (Å²) in [5.41, 5.74) is 3.31. The predicted octanol–water partition coefficient (Wildman–Crippen LogP) is 3.99. The molecule has 0 saturated carbocycles. The van der Waals surface area contributed by atoms with E-state index in [2.05, 4.69) is 38.0 Å². The van der Waals surface area contributed by atoms with Gasteiger partial charge < -0.3 is 0 Å². The second kappa shape index (κ2) is 6.94. The van der Waals surface area contributed by atoms with Gasteiger partial charge in [-0.1, -0.05) is 43.6 Å². The van der Waals surface area contributed by atoms with Gasteiger partial charge in [-0.25, -0.2) is 0 Å². The second-order valence-electron chi connectivity index (χ2n) is 3.81. The van der Waals surface area contributed by atoms with Gasteiger partial charge in [0.1, 0.15) is 0 Å². The smallest absolute Gasteiger partial charge is 0.0991 e. The molecule has 0 amide bonds. The molecule has 0 aliphatic rings. The van der Waals surface area contributed by atoms with Crippen molar-refractivity contribution in [1.29, 1.82) is 5.26 Å². The highest BCUT2D eigenvalue weighted by Crippen LogP contribution is 2.03. The summed E-state index contributed by atoms with van der Waals surface area (Å²) in [5.74, 6) is 5.96. The molecule has 0 N–H and O–H groups in total. The van der Waals surface area contributed by atoms with Gasteiger partial charge in [0.05, 0.1) is 11.6 Å². The van der Waals surface area contributed by atoms with Gasteiger partial charge in [-0.2, -0.15) is 5.26 Å². The fraction of sp³-hybridized carbons (Fsp3) is 0.118. The molecule has 0 bridgehead atoms. The fourth-order valence-corrected chi connectivity index (χ4v) is 1.16. The fourth-order valence-electron chi connectivity index (χ4n) is 1.16. The number of hydrogen-bond acceptors (Lipinski definition) is 1. The normalized spacial score (nSPS) is 9.33. The maximum absolute atomic E-state index is 8.67. The summed E-state index contributed by atoms with van der Waals surface area (Å²) in [7, 11) is 0. The third-order valence-corrected chi connectivity index (χ3v) is 2.36. The Labute approximate surface area is 109 Å². The lowest BCUT2D eigenvalue weighted by Crippen LogP contribution is -1.77. The summed E-state index contributed by atoms with van der Waals surface area (Å²) >= 11 is 0. The first-order chi connectivity index (χ1) is 8.65. The van der Waals surface area contributed by atoms with Gasteiger partial charge in [-0.05, 0) is 36.8 Å². The summed E-state index contributed by atoms with van der Waals surface area (Å²) in [5, 5.41) is 8.67. The molecule has 0 aliphatic heterocycles. The van der Waals surface area contributed by atoms with Gasteiger partial charge >= 0.3 is 0 Å². The summed E-state index contributed by atoms with van der Waals surface area (Å²) in [6.07, 6.45) is 4.71. The Morgan fingerprint density at radius 1 is 1.17 bits per heavy atom. The molecule has 0 saturated heterocycles. The molecule has 88 valence electrons. The zero-order valence-electron chi connectivity index (χ0n) is 10.5. The lowest BCUT2D eigenvalue weighted by molar-refractivity contribution is 1.16. The van der Waals surface area contributed by atoms with Gasteiger partial charge in [0.25, 0.3) is 0 Å². The Hall–Kier alpha value is -2.51. The molecule has 1 aromatic carbocycles. The van der Waals surface area contributed by atoms with E-state index in [1.54, 1.807) is 12.1 Å². The first-order valence-electron chi connectivity index (χ1n) is 5.72. The SMILES string of the molecule is C=C(C#Cc1ccc(C#N)cc1)/C=C\C(=C)CC. The maximum atomic E-state index is 8.67. The van der Waals surface area contributed by atoms with Crippen LogP contribution in [0, 0.1) is 23.2 Å². The largest absolute Gasteiger partial charge is 0.192 e. The van der Waals surface area contributed by atoms with E-state index in [4.69, 9.17) is 5.26 Å². The standard InChI is InChI=1S/C17H15N/c1-4-14(2)5-6-15(3)7-8-16-9-11-17(13-18)12-10-16/h5-6,9-12H,2-4H2,1H3/b6-5-. The van der Waals surface area contributed by atoms with E-state index < -0.39 is 0 Å². The van der Waals surface area contributed by atoms with Gasteiger partial charge in [-0.3, -0.25) is 0 Å². The van der Waals surface area contributed by atoms with Crippen molar-refractivity contribution < 1.29 is 0 Å². The molecule has 18 heavy (non-hydrogen) atoms. The third-order valence-electron chi connectivity index (χ3n) is 2.36. The quantitative estimate of drug-likeness (QED) is 0.572. The Morgan fingerprint density at radius 3 is 2.33 bits per heavy atom. The van der Waals surface area contributed by atoms with Crippen LogP contribution < -0.4 is 0 Å². The van der Waals surface area contributed by atoms with Crippen LogP contribution in [-0.2, 0) is 0 Å². The van der Waals surface area contributed by atoms with E-state index in [1.165, 1.54) is 0 Å². The van der Waals surface area contributed by atoms with Crippen molar-refractivity contribution in [1.82, 2.24) is 0 Å². The average molecular weight is 233 g/mol. The Morgan fingerprint density at radius 2 is 1.78 bits per heavy atom. The average Bonchev–Trinajstić information content (AvgIpc) is 2.42. The van der Waals surface area contributed by atoms with E-state index in [-0.39, 0.29) is 0 Å². The molecule has 0 spiro atoms. The minimum Gasteiger partial charge on any atom is -0.192 e. The van der Waals surface area contributed by atoms with Crippen LogP contribution in [0.25, 0.3) is 0 Å². The molecule has 0 aromatic heterocycles. The van der Waals surface area contributed by atoms with Crippen molar-refractivity contribution in [2.45, 2.75) is 13.3 Å². The van der Waals surface area contributed by atoms with Crippen molar-refractivity contribution in [2.75, 3.05) is 0 Å². The van der Waals surface area contributed by atoms with E-state index in [9.17, 15) is 0 Å². The van der Waals surface area contributed by atoms with E-state index >= 15 is 0 Å². The Balaban J connectivity index is 2.70. The lowest BCUT2D eigenvalue weighted by Gasteiger charge is -1.92. The van der Waals surface area contributed by atoms with E-state index in [0.717, 1.165) is 23.1 Å². The zero-order valence-corrected chi connectivity index (χ0v) is 10.5. The van der Waals surface area contributed by atoms with Gasteiger partial charge in [0.15, 0.2) is 0 Å². The Bertz CT molecular complexity index is 569. The second-order valence-corrected chi connectivity index (χ2v) is 3.81. The molecule has 0 fully saturated rings. The number of nitrogens with zero attached hydrogens (tertiary/aromatic N) is 1. The summed E-state index contributed by atoms with van der Waals surface area (Å²) in [6, 6.07) is 9.23. The molecular weight excluding hydrogens is 218 g/mol. The Kier molecular flexibility index (Phi) is 5.23.